The van der Waals surface area contributed by atoms with Crippen LogP contribution in [0.1, 0.15) is 22.3 Å². The minimum absolute atomic E-state index is 0.460. The van der Waals surface area contributed by atoms with Crippen LogP contribution in [0, 0.1) is 6.92 Å². The lowest BCUT2D eigenvalue weighted by molar-refractivity contribution is 0.284. The summed E-state index contributed by atoms with van der Waals surface area (Å²) in [6, 6.07) is 20.0. The molecule has 0 aromatic heterocycles. The molecule has 3 aromatic rings. The number of rotatable bonds is 9. The van der Waals surface area contributed by atoms with Crippen molar-refractivity contribution in [1.29, 1.82) is 0 Å². The lowest BCUT2D eigenvalue weighted by Crippen LogP contribution is -2.13. The van der Waals surface area contributed by atoms with Gasteiger partial charge in [0.15, 0.2) is 11.5 Å². The molecule has 0 amide bonds. The molecule has 0 aliphatic carbocycles. The molecule has 0 atom stereocenters. The lowest BCUT2D eigenvalue weighted by Gasteiger charge is -2.14. The predicted molar refractivity (Wildman–Crippen MR) is 117 cm³/mol. The number of ether oxygens (including phenoxy) is 3. The summed E-state index contributed by atoms with van der Waals surface area (Å²) in [6.07, 6.45) is 0. The molecule has 5 heteroatoms. The fraction of sp³-hybridized carbons (Fsp3) is 0.250. The highest BCUT2D eigenvalue weighted by Crippen LogP contribution is 2.34. The van der Waals surface area contributed by atoms with Gasteiger partial charge in [-0.25, -0.2) is 0 Å². The van der Waals surface area contributed by atoms with E-state index >= 15 is 0 Å². The van der Waals surface area contributed by atoms with Crippen LogP contribution < -0.4 is 19.5 Å². The van der Waals surface area contributed by atoms with E-state index in [-0.39, 0.29) is 0 Å². The van der Waals surface area contributed by atoms with Gasteiger partial charge in [-0.3, -0.25) is 0 Å². The molecule has 1 N–H and O–H groups in total. The van der Waals surface area contributed by atoms with Gasteiger partial charge in [-0.1, -0.05) is 53.6 Å². The minimum atomic E-state index is 0.460. The highest BCUT2D eigenvalue weighted by atomic mass is 35.5. The molecule has 3 aromatic carbocycles. The molecule has 0 saturated heterocycles. The van der Waals surface area contributed by atoms with Crippen LogP contribution in [0.3, 0.4) is 0 Å². The molecule has 0 fully saturated rings. The summed E-state index contributed by atoms with van der Waals surface area (Å²) in [5, 5.41) is 4.05. The maximum Gasteiger partial charge on any atom is 0.163 e. The molecule has 152 valence electrons. The minimum Gasteiger partial charge on any atom is -0.497 e. The molecular formula is C24H26ClNO3. The Morgan fingerprint density at radius 1 is 0.793 bits per heavy atom. The van der Waals surface area contributed by atoms with Crippen molar-refractivity contribution < 1.29 is 14.2 Å². The van der Waals surface area contributed by atoms with Crippen LogP contribution in [0.5, 0.6) is 17.2 Å². The highest BCUT2D eigenvalue weighted by Gasteiger charge is 2.11. The van der Waals surface area contributed by atoms with Gasteiger partial charge in [0.05, 0.1) is 14.2 Å². The zero-order valence-corrected chi connectivity index (χ0v) is 17.8. The monoisotopic (exact) mass is 411 g/mol. The Labute approximate surface area is 177 Å². The summed E-state index contributed by atoms with van der Waals surface area (Å²) in [5.74, 6) is 2.16. The van der Waals surface area contributed by atoms with Crippen molar-refractivity contribution in [1.82, 2.24) is 5.32 Å². The van der Waals surface area contributed by atoms with E-state index in [2.05, 4.69) is 36.5 Å². The molecule has 29 heavy (non-hydrogen) atoms. The Kier molecular flexibility index (Phi) is 7.39. The second kappa shape index (κ2) is 10.2. The number of halogens is 1. The van der Waals surface area contributed by atoms with Crippen LogP contribution in [0.15, 0.2) is 60.7 Å². The van der Waals surface area contributed by atoms with Crippen molar-refractivity contribution in [2.45, 2.75) is 26.6 Å². The third-order valence-electron chi connectivity index (χ3n) is 4.65. The Morgan fingerprint density at radius 2 is 1.48 bits per heavy atom. The quantitative estimate of drug-likeness (QED) is 0.502. The van der Waals surface area contributed by atoms with Crippen LogP contribution in [-0.2, 0) is 19.7 Å². The Bertz CT molecular complexity index is 924. The van der Waals surface area contributed by atoms with Gasteiger partial charge < -0.3 is 19.5 Å². The van der Waals surface area contributed by atoms with Crippen LogP contribution in [0.2, 0.25) is 5.02 Å². The smallest absolute Gasteiger partial charge is 0.163 e. The summed E-state index contributed by atoms with van der Waals surface area (Å²) < 4.78 is 16.6. The van der Waals surface area contributed by atoms with Gasteiger partial charge >= 0.3 is 0 Å². The van der Waals surface area contributed by atoms with Gasteiger partial charge in [0.1, 0.15) is 12.4 Å². The van der Waals surface area contributed by atoms with Gasteiger partial charge in [0.25, 0.3) is 0 Å². The first-order chi connectivity index (χ1) is 14.1. The normalized spacial score (nSPS) is 10.6. The fourth-order valence-electron chi connectivity index (χ4n) is 2.92. The summed E-state index contributed by atoms with van der Waals surface area (Å²) in [4.78, 5) is 0. The molecule has 0 bridgehead atoms. The Morgan fingerprint density at radius 3 is 2.14 bits per heavy atom. The second-order valence-electron chi connectivity index (χ2n) is 6.82. The predicted octanol–water partition coefficient (Wildman–Crippen LogP) is 5.53. The van der Waals surface area contributed by atoms with Crippen molar-refractivity contribution in [3.05, 3.63) is 87.9 Å². The van der Waals surface area contributed by atoms with E-state index in [1.165, 1.54) is 11.1 Å². The van der Waals surface area contributed by atoms with E-state index in [0.29, 0.717) is 29.7 Å². The molecule has 0 aliphatic rings. The topological polar surface area (TPSA) is 39.7 Å². The van der Waals surface area contributed by atoms with Crippen molar-refractivity contribution in [3.8, 4) is 17.2 Å². The van der Waals surface area contributed by atoms with Gasteiger partial charge in [0.2, 0.25) is 0 Å². The third-order valence-corrected chi connectivity index (χ3v) is 5.00. The summed E-state index contributed by atoms with van der Waals surface area (Å²) in [6.45, 7) is 3.88. The number of hydrogen-bond acceptors (Lipinski definition) is 4. The Hall–Kier alpha value is -2.69. The zero-order chi connectivity index (χ0) is 20.6. The van der Waals surface area contributed by atoms with E-state index < -0.39 is 0 Å². The van der Waals surface area contributed by atoms with Crippen molar-refractivity contribution in [2.24, 2.45) is 0 Å². The second-order valence-corrected chi connectivity index (χ2v) is 7.23. The molecule has 0 aliphatic heterocycles. The standard InChI is InChI=1S/C24H26ClNO3/c1-17-4-6-19(7-5-17)16-29-24-13-22(25)20(12-23(24)28-3)15-26-14-18-8-10-21(27-2)11-9-18/h4-13,26H,14-16H2,1-3H3. The summed E-state index contributed by atoms with van der Waals surface area (Å²) in [7, 11) is 3.30. The van der Waals surface area contributed by atoms with Gasteiger partial charge in [0, 0.05) is 24.2 Å². The van der Waals surface area contributed by atoms with Crippen LogP contribution in [-0.4, -0.2) is 14.2 Å². The van der Waals surface area contributed by atoms with E-state index in [0.717, 1.165) is 23.4 Å². The third kappa shape index (κ3) is 5.89. The molecule has 0 spiro atoms. The highest BCUT2D eigenvalue weighted by molar-refractivity contribution is 6.31. The molecule has 0 heterocycles. The van der Waals surface area contributed by atoms with Crippen molar-refractivity contribution in [3.63, 3.8) is 0 Å². The van der Waals surface area contributed by atoms with Crippen LogP contribution in [0.4, 0.5) is 0 Å². The zero-order valence-electron chi connectivity index (χ0n) is 17.0. The molecule has 0 radical (unpaired) electrons. The average Bonchev–Trinajstić information content (AvgIpc) is 2.75. The first-order valence-corrected chi connectivity index (χ1v) is 9.85. The average molecular weight is 412 g/mol. The molecular weight excluding hydrogens is 386 g/mol. The Balaban J connectivity index is 1.61. The van der Waals surface area contributed by atoms with Gasteiger partial charge in [-0.05, 0) is 41.8 Å². The summed E-state index contributed by atoms with van der Waals surface area (Å²) >= 11 is 6.49. The number of hydrogen-bond donors (Lipinski definition) is 1. The largest absolute Gasteiger partial charge is 0.497 e. The van der Waals surface area contributed by atoms with E-state index in [4.69, 9.17) is 25.8 Å². The molecule has 3 rings (SSSR count). The van der Waals surface area contributed by atoms with E-state index in [1.54, 1.807) is 14.2 Å². The van der Waals surface area contributed by atoms with Crippen LogP contribution in [0.25, 0.3) is 0 Å². The SMILES string of the molecule is COc1ccc(CNCc2cc(OC)c(OCc3ccc(C)cc3)cc2Cl)cc1. The maximum absolute atomic E-state index is 6.49. The van der Waals surface area contributed by atoms with E-state index in [1.807, 2.05) is 36.4 Å². The summed E-state index contributed by atoms with van der Waals surface area (Å²) in [5.41, 5.74) is 4.45. The fourth-order valence-corrected chi connectivity index (χ4v) is 3.14. The number of benzene rings is 3. The number of aryl methyl sites for hydroxylation is 1. The van der Waals surface area contributed by atoms with Crippen molar-refractivity contribution in [2.75, 3.05) is 14.2 Å². The molecule has 0 saturated carbocycles. The lowest BCUT2D eigenvalue weighted by atomic mass is 10.1. The van der Waals surface area contributed by atoms with Gasteiger partial charge in [-0.15, -0.1) is 0 Å². The number of methoxy groups -OCH3 is 2. The number of nitrogens with one attached hydrogen (secondary N) is 1. The van der Waals surface area contributed by atoms with Crippen molar-refractivity contribution >= 4 is 11.6 Å². The van der Waals surface area contributed by atoms with E-state index in [9.17, 15) is 0 Å². The first kappa shape index (κ1) is 21.0. The van der Waals surface area contributed by atoms with Crippen LogP contribution >= 0.6 is 11.6 Å². The molecule has 0 unspecified atom stereocenters. The van der Waals surface area contributed by atoms with Gasteiger partial charge in [-0.2, -0.15) is 0 Å². The molecule has 4 nitrogen and oxygen atoms in total. The maximum atomic E-state index is 6.49. The first-order valence-electron chi connectivity index (χ1n) is 9.47.